The van der Waals surface area contributed by atoms with Crippen LogP contribution in [-0.2, 0) is 0 Å². The zero-order chi connectivity index (χ0) is 14.5. The first-order valence-electron chi connectivity index (χ1n) is 6.74. The molecule has 20 heavy (non-hydrogen) atoms. The van der Waals surface area contributed by atoms with Gasteiger partial charge in [-0.05, 0) is 31.7 Å². The molecule has 5 nitrogen and oxygen atoms in total. The number of hydrogen-bond acceptors (Lipinski definition) is 3. The number of carbonyl (C=O) groups excluding carboxylic acids is 1. The largest absolute Gasteiger partial charge is 0.489 e. The van der Waals surface area contributed by atoms with E-state index in [1.165, 1.54) is 6.07 Å². The SMILES string of the molecule is CNC(C)c1ccc(OCCN2CCNC2=O)c(F)c1. The summed E-state index contributed by atoms with van der Waals surface area (Å²) in [7, 11) is 1.83. The summed E-state index contributed by atoms with van der Waals surface area (Å²) in [6.45, 7) is 4.03. The Morgan fingerprint density at radius 1 is 1.55 bits per heavy atom. The number of halogens is 1. The number of rotatable bonds is 6. The quantitative estimate of drug-likeness (QED) is 0.831. The average Bonchev–Trinajstić information content (AvgIpc) is 2.85. The number of hydrogen-bond donors (Lipinski definition) is 2. The molecule has 0 spiro atoms. The van der Waals surface area contributed by atoms with Gasteiger partial charge in [-0.1, -0.05) is 6.07 Å². The molecule has 1 heterocycles. The van der Waals surface area contributed by atoms with Gasteiger partial charge in [-0.2, -0.15) is 0 Å². The molecule has 1 unspecified atom stereocenters. The molecule has 1 saturated heterocycles. The van der Waals surface area contributed by atoms with E-state index in [9.17, 15) is 9.18 Å². The Morgan fingerprint density at radius 3 is 2.95 bits per heavy atom. The van der Waals surface area contributed by atoms with E-state index in [4.69, 9.17) is 4.74 Å². The van der Waals surface area contributed by atoms with Crippen LogP contribution in [0.5, 0.6) is 5.75 Å². The summed E-state index contributed by atoms with van der Waals surface area (Å²) in [5, 5.41) is 5.76. The maximum Gasteiger partial charge on any atom is 0.317 e. The molecular formula is C14H20FN3O2. The average molecular weight is 281 g/mol. The van der Waals surface area contributed by atoms with Gasteiger partial charge in [-0.25, -0.2) is 9.18 Å². The summed E-state index contributed by atoms with van der Waals surface area (Å²) in [5.74, 6) is -0.160. The number of urea groups is 1. The molecule has 2 rings (SSSR count). The van der Waals surface area contributed by atoms with Crippen molar-refractivity contribution in [2.45, 2.75) is 13.0 Å². The van der Waals surface area contributed by atoms with Gasteiger partial charge in [0.1, 0.15) is 6.61 Å². The van der Waals surface area contributed by atoms with Crippen molar-refractivity contribution in [3.63, 3.8) is 0 Å². The normalized spacial score (nSPS) is 16.1. The Morgan fingerprint density at radius 2 is 2.35 bits per heavy atom. The van der Waals surface area contributed by atoms with Crippen LogP contribution in [0.4, 0.5) is 9.18 Å². The Balaban J connectivity index is 1.88. The molecule has 0 radical (unpaired) electrons. The van der Waals surface area contributed by atoms with E-state index in [1.807, 2.05) is 20.0 Å². The molecule has 1 atom stereocenters. The molecule has 1 aromatic carbocycles. The van der Waals surface area contributed by atoms with Crippen molar-refractivity contribution >= 4 is 6.03 Å². The van der Waals surface area contributed by atoms with Crippen LogP contribution >= 0.6 is 0 Å². The Kier molecular flexibility index (Phi) is 4.79. The standard InChI is InChI=1S/C14H20FN3O2/c1-10(16-2)11-3-4-13(12(15)9-11)20-8-7-18-6-5-17-14(18)19/h3-4,9-10,16H,5-8H2,1-2H3,(H,17,19). The lowest BCUT2D eigenvalue weighted by atomic mass is 10.1. The van der Waals surface area contributed by atoms with Gasteiger partial charge < -0.3 is 20.3 Å². The number of carbonyl (C=O) groups is 1. The van der Waals surface area contributed by atoms with Crippen LogP contribution in [0, 0.1) is 5.82 Å². The van der Waals surface area contributed by atoms with Gasteiger partial charge >= 0.3 is 6.03 Å². The monoisotopic (exact) mass is 281 g/mol. The minimum Gasteiger partial charge on any atom is -0.489 e. The molecule has 0 saturated carbocycles. The molecule has 1 fully saturated rings. The topological polar surface area (TPSA) is 53.6 Å². The summed E-state index contributed by atoms with van der Waals surface area (Å²) in [5.41, 5.74) is 0.872. The summed E-state index contributed by atoms with van der Waals surface area (Å²) in [6.07, 6.45) is 0. The lowest BCUT2D eigenvalue weighted by molar-refractivity contribution is 0.201. The zero-order valence-corrected chi connectivity index (χ0v) is 11.8. The zero-order valence-electron chi connectivity index (χ0n) is 11.8. The van der Waals surface area contributed by atoms with Crippen molar-refractivity contribution in [3.8, 4) is 5.75 Å². The lowest BCUT2D eigenvalue weighted by Crippen LogP contribution is -2.31. The van der Waals surface area contributed by atoms with Crippen LogP contribution in [-0.4, -0.2) is 44.2 Å². The van der Waals surface area contributed by atoms with Crippen LogP contribution in [0.2, 0.25) is 0 Å². The van der Waals surface area contributed by atoms with Crippen LogP contribution in [0.1, 0.15) is 18.5 Å². The highest BCUT2D eigenvalue weighted by Crippen LogP contribution is 2.21. The maximum absolute atomic E-state index is 13.9. The Bertz CT molecular complexity index is 481. The molecular weight excluding hydrogens is 261 g/mol. The van der Waals surface area contributed by atoms with Gasteiger partial charge in [0.05, 0.1) is 6.54 Å². The van der Waals surface area contributed by atoms with Crippen molar-refractivity contribution in [1.82, 2.24) is 15.5 Å². The van der Waals surface area contributed by atoms with Gasteiger partial charge in [0.25, 0.3) is 0 Å². The van der Waals surface area contributed by atoms with E-state index in [0.717, 1.165) is 5.56 Å². The molecule has 1 aliphatic heterocycles. The molecule has 0 aromatic heterocycles. The van der Waals surface area contributed by atoms with E-state index in [1.54, 1.807) is 11.0 Å². The van der Waals surface area contributed by atoms with E-state index >= 15 is 0 Å². The van der Waals surface area contributed by atoms with E-state index in [2.05, 4.69) is 10.6 Å². The number of nitrogens with one attached hydrogen (secondary N) is 2. The molecule has 0 aliphatic carbocycles. The fourth-order valence-electron chi connectivity index (χ4n) is 2.06. The maximum atomic E-state index is 13.9. The van der Waals surface area contributed by atoms with Gasteiger partial charge in [-0.15, -0.1) is 0 Å². The highest BCUT2D eigenvalue weighted by atomic mass is 19.1. The highest BCUT2D eigenvalue weighted by molar-refractivity contribution is 5.76. The molecule has 2 N–H and O–H groups in total. The number of ether oxygens (including phenoxy) is 1. The van der Waals surface area contributed by atoms with Crippen LogP contribution in [0.3, 0.4) is 0 Å². The minimum absolute atomic E-state index is 0.0897. The van der Waals surface area contributed by atoms with E-state index < -0.39 is 0 Å². The number of nitrogens with zero attached hydrogens (tertiary/aromatic N) is 1. The van der Waals surface area contributed by atoms with Crippen LogP contribution in [0.25, 0.3) is 0 Å². The van der Waals surface area contributed by atoms with E-state index in [0.29, 0.717) is 19.6 Å². The highest BCUT2D eigenvalue weighted by Gasteiger charge is 2.19. The van der Waals surface area contributed by atoms with Crippen LogP contribution < -0.4 is 15.4 Å². The lowest BCUT2D eigenvalue weighted by Gasteiger charge is -2.16. The van der Waals surface area contributed by atoms with Crippen LogP contribution in [0.15, 0.2) is 18.2 Å². The third-order valence-corrected chi connectivity index (χ3v) is 3.45. The Labute approximate surface area is 118 Å². The second kappa shape index (κ2) is 6.56. The minimum atomic E-state index is -0.379. The van der Waals surface area contributed by atoms with Gasteiger partial charge in [0.2, 0.25) is 0 Å². The first-order chi connectivity index (χ1) is 9.61. The van der Waals surface area contributed by atoms with Gasteiger partial charge in [0, 0.05) is 19.1 Å². The predicted octanol–water partition coefficient (Wildman–Crippen LogP) is 1.51. The number of benzene rings is 1. The molecule has 6 heteroatoms. The predicted molar refractivity (Wildman–Crippen MR) is 74.3 cm³/mol. The third kappa shape index (κ3) is 3.39. The van der Waals surface area contributed by atoms with E-state index in [-0.39, 0.29) is 30.2 Å². The van der Waals surface area contributed by atoms with Crippen molar-refractivity contribution in [1.29, 1.82) is 0 Å². The summed E-state index contributed by atoms with van der Waals surface area (Å²) >= 11 is 0. The smallest absolute Gasteiger partial charge is 0.317 e. The second-order valence-electron chi connectivity index (χ2n) is 4.77. The van der Waals surface area contributed by atoms with Crippen molar-refractivity contribution in [2.24, 2.45) is 0 Å². The molecule has 1 aromatic rings. The summed E-state index contributed by atoms with van der Waals surface area (Å²) in [6, 6.07) is 4.93. The first kappa shape index (κ1) is 14.6. The van der Waals surface area contributed by atoms with Gasteiger partial charge in [-0.3, -0.25) is 0 Å². The number of amides is 2. The fraction of sp³-hybridized carbons (Fsp3) is 0.500. The second-order valence-corrected chi connectivity index (χ2v) is 4.77. The van der Waals surface area contributed by atoms with Gasteiger partial charge in [0.15, 0.2) is 11.6 Å². The molecule has 110 valence electrons. The van der Waals surface area contributed by atoms with Crippen molar-refractivity contribution in [3.05, 3.63) is 29.6 Å². The molecule has 1 aliphatic rings. The summed E-state index contributed by atoms with van der Waals surface area (Å²) < 4.78 is 19.3. The van der Waals surface area contributed by atoms with Crippen molar-refractivity contribution in [2.75, 3.05) is 33.3 Å². The van der Waals surface area contributed by atoms with Crippen molar-refractivity contribution < 1.29 is 13.9 Å². The third-order valence-electron chi connectivity index (χ3n) is 3.45. The fourth-order valence-corrected chi connectivity index (χ4v) is 2.06. The molecule has 2 amide bonds. The molecule has 0 bridgehead atoms. The first-order valence-corrected chi connectivity index (χ1v) is 6.74. The Hall–Kier alpha value is -1.82. The summed E-state index contributed by atoms with van der Waals surface area (Å²) in [4.78, 5) is 13.0.